The first-order valence-electron chi connectivity index (χ1n) is 9.12. The second-order valence-corrected chi connectivity index (χ2v) is 8.31. The number of rotatable bonds is 5. The van der Waals surface area contributed by atoms with Gasteiger partial charge in [0.15, 0.2) is 0 Å². The predicted octanol–water partition coefficient (Wildman–Crippen LogP) is 3.19. The number of carbonyl (C=O) groups is 1. The molecule has 2 aromatic rings. The predicted molar refractivity (Wildman–Crippen MR) is 102 cm³/mol. The number of H-pyrrole nitrogens is 1. The zero-order valence-electron chi connectivity index (χ0n) is 15.2. The molecule has 1 amide bonds. The Labute approximate surface area is 174 Å². The Hall–Kier alpha value is -2.01. The SMILES string of the molecule is O=C(CSc1n[nH]c(C2CC2)n1)N1CCN(c2ncc(C(F)(F)F)cc2Cl)CC1. The third-order valence-electron chi connectivity index (χ3n) is 4.85. The molecule has 156 valence electrons. The molecule has 3 heterocycles. The largest absolute Gasteiger partial charge is 0.417 e. The standard InChI is InChI=1S/C17H18ClF3N6OS/c18-12-7-11(17(19,20)21)8-22-15(12)27-5-3-26(4-6-27)13(28)9-29-16-23-14(24-25-16)10-1-2-10/h7-8,10H,1-6,9H2,(H,23,24,25). The molecule has 1 saturated heterocycles. The zero-order valence-corrected chi connectivity index (χ0v) is 16.8. The molecule has 0 aromatic carbocycles. The molecule has 7 nitrogen and oxygen atoms in total. The molecular formula is C17H18ClF3N6OS. The number of hydrogen-bond donors (Lipinski definition) is 1. The maximum atomic E-state index is 12.8. The fourth-order valence-electron chi connectivity index (χ4n) is 3.07. The molecule has 0 spiro atoms. The molecule has 0 atom stereocenters. The van der Waals surface area contributed by atoms with Gasteiger partial charge in [0.2, 0.25) is 11.1 Å². The van der Waals surface area contributed by atoms with Crippen molar-refractivity contribution in [2.45, 2.75) is 30.1 Å². The summed E-state index contributed by atoms with van der Waals surface area (Å²) in [7, 11) is 0. The fraction of sp³-hybridized carbons (Fsp3) is 0.529. The van der Waals surface area contributed by atoms with E-state index in [0.717, 1.165) is 30.9 Å². The first-order chi connectivity index (χ1) is 13.8. The van der Waals surface area contributed by atoms with E-state index < -0.39 is 11.7 Å². The van der Waals surface area contributed by atoms with Crippen molar-refractivity contribution in [3.8, 4) is 0 Å². The highest BCUT2D eigenvalue weighted by atomic mass is 35.5. The summed E-state index contributed by atoms with van der Waals surface area (Å²) in [5.74, 6) is 1.87. The molecule has 2 aromatic heterocycles. The van der Waals surface area contributed by atoms with Gasteiger partial charge in [0.1, 0.15) is 11.6 Å². The number of piperazine rings is 1. The number of aromatic nitrogens is 4. The van der Waals surface area contributed by atoms with E-state index in [2.05, 4.69) is 20.2 Å². The smallest absolute Gasteiger partial charge is 0.352 e. The lowest BCUT2D eigenvalue weighted by molar-refractivity contribution is -0.137. The number of anilines is 1. The van der Waals surface area contributed by atoms with Gasteiger partial charge in [-0.25, -0.2) is 9.97 Å². The molecule has 29 heavy (non-hydrogen) atoms. The van der Waals surface area contributed by atoms with Crippen LogP contribution in [0.2, 0.25) is 5.02 Å². The second kappa shape index (κ2) is 8.02. The highest BCUT2D eigenvalue weighted by Crippen LogP contribution is 2.38. The van der Waals surface area contributed by atoms with Gasteiger partial charge in [-0.05, 0) is 18.9 Å². The molecule has 2 aliphatic rings. The number of nitrogens with one attached hydrogen (secondary N) is 1. The number of aromatic amines is 1. The second-order valence-electron chi connectivity index (χ2n) is 6.96. The average Bonchev–Trinajstić information content (AvgIpc) is 3.44. The van der Waals surface area contributed by atoms with Crippen molar-refractivity contribution in [2.24, 2.45) is 0 Å². The van der Waals surface area contributed by atoms with E-state index in [-0.39, 0.29) is 16.7 Å². The van der Waals surface area contributed by atoms with E-state index in [1.165, 1.54) is 11.8 Å². The van der Waals surface area contributed by atoms with E-state index in [9.17, 15) is 18.0 Å². The molecule has 1 aliphatic heterocycles. The van der Waals surface area contributed by atoms with Gasteiger partial charge in [-0.15, -0.1) is 5.10 Å². The number of amides is 1. The number of alkyl halides is 3. The Kier molecular flexibility index (Phi) is 5.60. The van der Waals surface area contributed by atoms with Crippen molar-refractivity contribution in [3.05, 3.63) is 28.7 Å². The van der Waals surface area contributed by atoms with Gasteiger partial charge in [0.05, 0.1) is 16.3 Å². The third kappa shape index (κ3) is 4.77. The zero-order chi connectivity index (χ0) is 20.6. The molecule has 0 bridgehead atoms. The molecule has 4 rings (SSSR count). The van der Waals surface area contributed by atoms with Crippen LogP contribution in [0.5, 0.6) is 0 Å². The number of pyridine rings is 1. The first kappa shape index (κ1) is 20.3. The first-order valence-corrected chi connectivity index (χ1v) is 10.5. The minimum atomic E-state index is -4.49. The van der Waals surface area contributed by atoms with Crippen molar-refractivity contribution in [1.29, 1.82) is 0 Å². The Bertz CT molecular complexity index is 896. The number of nitrogens with zero attached hydrogens (tertiary/aromatic N) is 5. The molecule has 2 fully saturated rings. The van der Waals surface area contributed by atoms with Crippen molar-refractivity contribution in [3.63, 3.8) is 0 Å². The van der Waals surface area contributed by atoms with Crippen LogP contribution in [0.3, 0.4) is 0 Å². The van der Waals surface area contributed by atoms with Crippen molar-refractivity contribution >= 4 is 35.1 Å². The molecule has 1 aliphatic carbocycles. The minimum absolute atomic E-state index is 0.0288. The summed E-state index contributed by atoms with van der Waals surface area (Å²) in [6.45, 7) is 1.78. The van der Waals surface area contributed by atoms with Crippen molar-refractivity contribution in [2.75, 3.05) is 36.8 Å². The van der Waals surface area contributed by atoms with Crippen LogP contribution < -0.4 is 4.90 Å². The van der Waals surface area contributed by atoms with Gasteiger partial charge in [0, 0.05) is 38.3 Å². The summed E-state index contributed by atoms with van der Waals surface area (Å²) >= 11 is 7.30. The average molecular weight is 447 g/mol. The summed E-state index contributed by atoms with van der Waals surface area (Å²) in [4.78, 5) is 24.2. The maximum Gasteiger partial charge on any atom is 0.417 e. The molecular weight excluding hydrogens is 429 g/mol. The van der Waals surface area contributed by atoms with Gasteiger partial charge in [-0.1, -0.05) is 23.4 Å². The van der Waals surface area contributed by atoms with Crippen LogP contribution in [-0.4, -0.2) is 62.9 Å². The van der Waals surface area contributed by atoms with Crippen LogP contribution in [0.4, 0.5) is 19.0 Å². The highest BCUT2D eigenvalue weighted by Gasteiger charge is 2.32. The number of hydrogen-bond acceptors (Lipinski definition) is 6. The Morgan fingerprint density at radius 3 is 2.62 bits per heavy atom. The van der Waals surface area contributed by atoms with Crippen LogP contribution >= 0.6 is 23.4 Å². The van der Waals surface area contributed by atoms with E-state index in [0.29, 0.717) is 43.1 Å². The summed E-state index contributed by atoms with van der Waals surface area (Å²) in [6, 6.07) is 0.880. The quantitative estimate of drug-likeness (QED) is 0.711. The Morgan fingerprint density at radius 1 is 1.28 bits per heavy atom. The maximum absolute atomic E-state index is 12.8. The lowest BCUT2D eigenvalue weighted by Crippen LogP contribution is -2.49. The molecule has 12 heteroatoms. The van der Waals surface area contributed by atoms with Crippen molar-refractivity contribution < 1.29 is 18.0 Å². The molecule has 0 unspecified atom stereocenters. The Balaban J connectivity index is 1.28. The van der Waals surface area contributed by atoms with Crippen LogP contribution in [0.15, 0.2) is 17.4 Å². The van der Waals surface area contributed by atoms with Gasteiger partial charge in [-0.3, -0.25) is 9.89 Å². The highest BCUT2D eigenvalue weighted by molar-refractivity contribution is 7.99. The van der Waals surface area contributed by atoms with Gasteiger partial charge >= 0.3 is 6.18 Å². The summed E-state index contributed by atoms with van der Waals surface area (Å²) in [6.07, 6.45) is -1.46. The Morgan fingerprint density at radius 2 is 2.00 bits per heavy atom. The van der Waals surface area contributed by atoms with Gasteiger partial charge in [0.25, 0.3) is 0 Å². The normalized spacial score (nSPS) is 17.7. The van der Waals surface area contributed by atoms with Crippen molar-refractivity contribution in [1.82, 2.24) is 25.1 Å². The topological polar surface area (TPSA) is 78.0 Å². The fourth-order valence-corrected chi connectivity index (χ4v) is 4.06. The van der Waals surface area contributed by atoms with Gasteiger partial charge < -0.3 is 9.80 Å². The van der Waals surface area contributed by atoms with Gasteiger partial charge in [-0.2, -0.15) is 13.2 Å². The monoisotopic (exact) mass is 446 g/mol. The number of halogens is 4. The van der Waals surface area contributed by atoms with E-state index in [1.807, 2.05) is 0 Å². The van der Waals surface area contributed by atoms with E-state index in [1.54, 1.807) is 9.80 Å². The summed E-state index contributed by atoms with van der Waals surface area (Å²) in [5.41, 5.74) is -0.881. The van der Waals surface area contributed by atoms with Crippen LogP contribution in [0.25, 0.3) is 0 Å². The number of carbonyl (C=O) groups excluding carboxylic acids is 1. The molecule has 1 N–H and O–H groups in total. The summed E-state index contributed by atoms with van der Waals surface area (Å²) in [5, 5.41) is 7.55. The molecule has 0 radical (unpaired) electrons. The lowest BCUT2D eigenvalue weighted by atomic mass is 10.2. The number of thioether (sulfide) groups is 1. The third-order valence-corrected chi connectivity index (χ3v) is 5.96. The van der Waals surface area contributed by atoms with Crippen LogP contribution in [0, 0.1) is 0 Å². The van der Waals surface area contributed by atoms with E-state index >= 15 is 0 Å². The summed E-state index contributed by atoms with van der Waals surface area (Å²) < 4.78 is 38.3. The molecule has 1 saturated carbocycles. The van der Waals surface area contributed by atoms with Crippen LogP contribution in [0.1, 0.15) is 30.1 Å². The van der Waals surface area contributed by atoms with Crippen LogP contribution in [-0.2, 0) is 11.0 Å². The lowest BCUT2D eigenvalue weighted by Gasteiger charge is -2.35. The van der Waals surface area contributed by atoms with E-state index in [4.69, 9.17) is 11.6 Å². The minimum Gasteiger partial charge on any atom is -0.352 e.